The van der Waals surface area contributed by atoms with Crippen molar-refractivity contribution in [1.29, 1.82) is 0 Å². The van der Waals surface area contributed by atoms with Gasteiger partial charge in [0.2, 0.25) is 0 Å². The Hall–Kier alpha value is -1.85. The number of carbonyl (C=O) groups is 1. The normalized spacial score (nSPS) is 9.08. The van der Waals surface area contributed by atoms with E-state index in [4.69, 9.17) is 4.74 Å². The number of hydrogen-bond acceptors (Lipinski definition) is 4. The van der Waals surface area contributed by atoms with E-state index in [2.05, 4.69) is 20.6 Å². The molecule has 0 bridgehead atoms. The number of amides is 2. The zero-order chi connectivity index (χ0) is 9.68. The number of urea groups is 1. The van der Waals surface area contributed by atoms with Gasteiger partial charge in [-0.1, -0.05) is 0 Å². The second kappa shape index (κ2) is 4.24. The average Bonchev–Trinajstić information content (AvgIpc) is 2.19. The molecule has 0 saturated heterocycles. The summed E-state index contributed by atoms with van der Waals surface area (Å²) in [5.74, 6) is 0. The number of hydrogen-bond donors (Lipinski definition) is 2. The summed E-state index contributed by atoms with van der Waals surface area (Å²) in [5, 5.41) is 4.92. The first-order valence-electron chi connectivity index (χ1n) is 3.61. The van der Waals surface area contributed by atoms with E-state index in [1.807, 2.05) is 0 Å². The molecule has 0 aliphatic rings. The van der Waals surface area contributed by atoms with Crippen molar-refractivity contribution in [3.8, 4) is 6.01 Å². The maximum absolute atomic E-state index is 10.8. The minimum absolute atomic E-state index is 0.266. The van der Waals surface area contributed by atoms with Crippen molar-refractivity contribution >= 4 is 11.7 Å². The molecular weight excluding hydrogens is 172 g/mol. The van der Waals surface area contributed by atoms with Crippen LogP contribution in [0.3, 0.4) is 0 Å². The fourth-order valence-electron chi connectivity index (χ4n) is 0.680. The Morgan fingerprint density at radius 3 is 2.54 bits per heavy atom. The van der Waals surface area contributed by atoms with Gasteiger partial charge in [-0.2, -0.15) is 0 Å². The molecule has 2 N–H and O–H groups in total. The molecule has 0 radical (unpaired) electrons. The van der Waals surface area contributed by atoms with Gasteiger partial charge in [-0.15, -0.1) is 0 Å². The zero-order valence-corrected chi connectivity index (χ0v) is 7.37. The quantitative estimate of drug-likeness (QED) is 0.686. The molecule has 1 aromatic rings. The Balaban J connectivity index is 2.64. The summed E-state index contributed by atoms with van der Waals surface area (Å²) in [7, 11) is 3.00. The van der Waals surface area contributed by atoms with Gasteiger partial charge in [0.1, 0.15) is 0 Å². The molecule has 6 heteroatoms. The lowest BCUT2D eigenvalue weighted by atomic mass is 10.5. The lowest BCUT2D eigenvalue weighted by Gasteiger charge is -2.03. The van der Waals surface area contributed by atoms with E-state index in [1.54, 1.807) is 0 Å². The van der Waals surface area contributed by atoms with Crippen molar-refractivity contribution in [2.24, 2.45) is 0 Å². The fraction of sp³-hybridized carbons (Fsp3) is 0.286. The monoisotopic (exact) mass is 182 g/mol. The molecule has 70 valence electrons. The molecule has 0 aliphatic heterocycles. The van der Waals surface area contributed by atoms with Gasteiger partial charge >= 0.3 is 12.0 Å². The molecule has 0 unspecified atom stereocenters. The number of rotatable bonds is 2. The van der Waals surface area contributed by atoms with E-state index in [0.717, 1.165) is 0 Å². The van der Waals surface area contributed by atoms with Gasteiger partial charge in [0.05, 0.1) is 25.2 Å². The van der Waals surface area contributed by atoms with E-state index in [9.17, 15) is 4.79 Å². The highest BCUT2D eigenvalue weighted by Crippen LogP contribution is 2.05. The van der Waals surface area contributed by atoms with Crippen molar-refractivity contribution in [2.45, 2.75) is 0 Å². The summed E-state index contributed by atoms with van der Waals surface area (Å²) in [6.45, 7) is 0. The highest BCUT2D eigenvalue weighted by Gasteiger charge is 1.99. The third-order valence-electron chi connectivity index (χ3n) is 1.30. The summed E-state index contributed by atoms with van der Waals surface area (Å²) < 4.78 is 4.75. The van der Waals surface area contributed by atoms with Crippen LogP contribution in [0.15, 0.2) is 12.4 Å². The van der Waals surface area contributed by atoms with Crippen molar-refractivity contribution in [2.75, 3.05) is 19.5 Å². The molecule has 1 heterocycles. The van der Waals surface area contributed by atoms with Crippen LogP contribution in [-0.4, -0.2) is 30.2 Å². The number of carbonyl (C=O) groups excluding carboxylic acids is 1. The number of methoxy groups -OCH3 is 1. The van der Waals surface area contributed by atoms with Gasteiger partial charge in [-0.3, -0.25) is 0 Å². The molecule has 13 heavy (non-hydrogen) atoms. The predicted molar refractivity (Wildman–Crippen MR) is 46.7 cm³/mol. The van der Waals surface area contributed by atoms with Crippen LogP contribution in [0.1, 0.15) is 0 Å². The zero-order valence-electron chi connectivity index (χ0n) is 7.37. The Bertz CT molecular complexity index is 285. The first-order chi connectivity index (χ1) is 6.26. The van der Waals surface area contributed by atoms with Gasteiger partial charge < -0.3 is 15.4 Å². The summed E-state index contributed by atoms with van der Waals surface area (Å²) in [5.41, 5.74) is 0.514. The van der Waals surface area contributed by atoms with Crippen molar-refractivity contribution < 1.29 is 9.53 Å². The van der Waals surface area contributed by atoms with Crippen molar-refractivity contribution in [1.82, 2.24) is 15.3 Å². The lowest BCUT2D eigenvalue weighted by Crippen LogP contribution is -2.24. The average molecular weight is 182 g/mol. The van der Waals surface area contributed by atoms with Gasteiger partial charge in [-0.05, 0) is 0 Å². The lowest BCUT2D eigenvalue weighted by molar-refractivity contribution is 0.254. The van der Waals surface area contributed by atoms with E-state index in [1.165, 1.54) is 26.6 Å². The van der Waals surface area contributed by atoms with Gasteiger partial charge in [0.15, 0.2) is 0 Å². The second-order valence-corrected chi connectivity index (χ2v) is 2.16. The highest BCUT2D eigenvalue weighted by molar-refractivity contribution is 5.88. The smallest absolute Gasteiger partial charge is 0.319 e. The molecular formula is C7H10N4O2. The molecule has 0 atom stereocenters. The second-order valence-electron chi connectivity index (χ2n) is 2.16. The maximum Gasteiger partial charge on any atom is 0.319 e. The molecule has 0 aromatic carbocycles. The minimum atomic E-state index is -0.311. The SMILES string of the molecule is CNC(=O)Nc1cnc(OC)nc1. The van der Waals surface area contributed by atoms with Gasteiger partial charge in [-0.25, -0.2) is 14.8 Å². The standard InChI is InChI=1S/C7H10N4O2/c1-8-6(12)11-5-3-9-7(13-2)10-4-5/h3-4H,1-2H3,(H2,8,11,12). The Labute approximate surface area is 75.3 Å². The van der Waals surface area contributed by atoms with Crippen molar-refractivity contribution in [3.05, 3.63) is 12.4 Å². The Morgan fingerprint density at radius 1 is 1.46 bits per heavy atom. The van der Waals surface area contributed by atoms with E-state index < -0.39 is 0 Å². The third-order valence-corrected chi connectivity index (χ3v) is 1.30. The van der Waals surface area contributed by atoms with Crippen LogP contribution < -0.4 is 15.4 Å². The number of anilines is 1. The topological polar surface area (TPSA) is 76.1 Å². The first-order valence-corrected chi connectivity index (χ1v) is 3.61. The van der Waals surface area contributed by atoms with Gasteiger partial charge in [0.25, 0.3) is 0 Å². The summed E-state index contributed by atoms with van der Waals surface area (Å²) >= 11 is 0. The molecule has 1 aromatic heterocycles. The first kappa shape index (κ1) is 9.24. The number of nitrogens with one attached hydrogen (secondary N) is 2. The van der Waals surface area contributed by atoms with Crippen molar-refractivity contribution in [3.63, 3.8) is 0 Å². The maximum atomic E-state index is 10.8. The molecule has 2 amide bonds. The van der Waals surface area contributed by atoms with E-state index in [0.29, 0.717) is 5.69 Å². The van der Waals surface area contributed by atoms with Crippen LogP contribution in [-0.2, 0) is 0 Å². The van der Waals surface area contributed by atoms with Crippen LogP contribution in [0, 0.1) is 0 Å². The van der Waals surface area contributed by atoms with Crippen LogP contribution in [0.2, 0.25) is 0 Å². The Kier molecular flexibility index (Phi) is 3.02. The summed E-state index contributed by atoms with van der Waals surface area (Å²) in [4.78, 5) is 18.4. The largest absolute Gasteiger partial charge is 0.467 e. The number of nitrogens with zero attached hydrogens (tertiary/aromatic N) is 2. The molecule has 1 rings (SSSR count). The van der Waals surface area contributed by atoms with Gasteiger partial charge in [0, 0.05) is 7.05 Å². The van der Waals surface area contributed by atoms with Crippen LogP contribution in [0.4, 0.5) is 10.5 Å². The fourth-order valence-corrected chi connectivity index (χ4v) is 0.680. The molecule has 0 spiro atoms. The van der Waals surface area contributed by atoms with Crippen LogP contribution >= 0.6 is 0 Å². The molecule has 0 fully saturated rings. The number of ether oxygens (including phenoxy) is 1. The highest BCUT2D eigenvalue weighted by atomic mass is 16.5. The predicted octanol–water partition coefficient (Wildman–Crippen LogP) is 0.236. The molecule has 6 nitrogen and oxygen atoms in total. The minimum Gasteiger partial charge on any atom is -0.467 e. The molecule has 0 aliphatic carbocycles. The van der Waals surface area contributed by atoms with Crippen LogP contribution in [0.25, 0.3) is 0 Å². The molecule has 0 saturated carbocycles. The van der Waals surface area contributed by atoms with E-state index in [-0.39, 0.29) is 12.0 Å². The van der Waals surface area contributed by atoms with Crippen LogP contribution in [0.5, 0.6) is 6.01 Å². The van der Waals surface area contributed by atoms with E-state index >= 15 is 0 Å². The summed E-state index contributed by atoms with van der Waals surface area (Å²) in [6.07, 6.45) is 2.92. The summed E-state index contributed by atoms with van der Waals surface area (Å²) in [6, 6.07) is -0.0452. The third kappa shape index (κ3) is 2.58. The Morgan fingerprint density at radius 2 is 2.08 bits per heavy atom. The number of aromatic nitrogens is 2.